The van der Waals surface area contributed by atoms with Gasteiger partial charge in [-0.2, -0.15) is 13.2 Å². The minimum absolute atomic E-state index is 0.109. The van der Waals surface area contributed by atoms with Crippen LogP contribution in [0.3, 0.4) is 0 Å². The molecule has 0 bridgehead atoms. The fourth-order valence-electron chi connectivity index (χ4n) is 3.03. The van der Waals surface area contributed by atoms with E-state index in [0.717, 1.165) is 13.8 Å². The Labute approximate surface area is 193 Å². The first kappa shape index (κ1) is 24.5. The number of alkyl halides is 3. The Balaban J connectivity index is 1.83. The molecule has 1 unspecified atom stereocenters. The van der Waals surface area contributed by atoms with Crippen molar-refractivity contribution in [2.45, 2.75) is 39.0 Å². The van der Waals surface area contributed by atoms with Gasteiger partial charge in [-0.05, 0) is 43.2 Å². The predicted octanol–water partition coefficient (Wildman–Crippen LogP) is 3.96. The number of nitrogens with one attached hydrogen (secondary N) is 2. The maximum Gasteiger partial charge on any atom is 0.402 e. The summed E-state index contributed by atoms with van der Waals surface area (Å²) in [5.74, 6) is -0.778. The first-order chi connectivity index (χ1) is 15.4. The number of ether oxygens (including phenoxy) is 1. The van der Waals surface area contributed by atoms with Gasteiger partial charge in [0.1, 0.15) is 11.3 Å². The van der Waals surface area contributed by atoms with Crippen LogP contribution in [-0.2, 0) is 16.1 Å². The zero-order valence-electron chi connectivity index (χ0n) is 18.1. The highest BCUT2D eigenvalue weighted by atomic mass is 35.5. The molecule has 0 radical (unpaired) electrons. The highest BCUT2D eigenvalue weighted by molar-refractivity contribution is 6.34. The third kappa shape index (κ3) is 5.44. The first-order valence-corrected chi connectivity index (χ1v) is 10.3. The Kier molecular flexibility index (Phi) is 6.97. The van der Waals surface area contributed by atoms with E-state index in [1.807, 2.05) is 0 Å². The van der Waals surface area contributed by atoms with E-state index in [4.69, 9.17) is 16.3 Å². The van der Waals surface area contributed by atoms with E-state index < -0.39 is 23.5 Å². The van der Waals surface area contributed by atoms with Crippen LogP contribution < -0.4 is 15.4 Å². The van der Waals surface area contributed by atoms with E-state index in [9.17, 15) is 22.8 Å². The molecule has 0 spiro atoms. The van der Waals surface area contributed by atoms with Crippen molar-refractivity contribution in [3.05, 3.63) is 58.2 Å². The lowest BCUT2D eigenvalue weighted by Crippen LogP contribution is -2.46. The number of rotatable bonds is 6. The third-order valence-corrected chi connectivity index (χ3v) is 5.62. The van der Waals surface area contributed by atoms with Crippen LogP contribution >= 0.6 is 11.6 Å². The molecule has 3 rings (SSSR count). The fourth-order valence-corrected chi connectivity index (χ4v) is 3.23. The van der Waals surface area contributed by atoms with Gasteiger partial charge in [0.15, 0.2) is 0 Å². The average molecular weight is 483 g/mol. The second-order valence-electron chi connectivity index (χ2n) is 8.00. The van der Waals surface area contributed by atoms with Gasteiger partial charge in [0, 0.05) is 24.4 Å². The number of amidine groups is 1. The molecule has 1 aliphatic rings. The number of hydrogen-bond donors (Lipinski definition) is 2. The van der Waals surface area contributed by atoms with Crippen molar-refractivity contribution in [1.82, 2.24) is 15.6 Å². The molecule has 11 heteroatoms. The largest absolute Gasteiger partial charge is 0.481 e. The zero-order chi connectivity index (χ0) is 24.4. The normalized spacial score (nSPS) is 16.6. The molecule has 2 amide bonds. The van der Waals surface area contributed by atoms with E-state index in [0.29, 0.717) is 22.6 Å². The summed E-state index contributed by atoms with van der Waals surface area (Å²) in [7, 11) is 1.49. The fraction of sp³-hybridized carbons (Fsp3) is 0.364. The lowest BCUT2D eigenvalue weighted by molar-refractivity contribution is -0.211. The number of pyridine rings is 1. The van der Waals surface area contributed by atoms with Crippen molar-refractivity contribution in [3.63, 3.8) is 0 Å². The summed E-state index contributed by atoms with van der Waals surface area (Å²) >= 11 is 6.31. The molecule has 2 N–H and O–H groups in total. The maximum atomic E-state index is 13.1. The number of carbonyl (C=O) groups is 2. The van der Waals surface area contributed by atoms with Crippen LogP contribution in [0.15, 0.2) is 41.5 Å². The summed E-state index contributed by atoms with van der Waals surface area (Å²) in [6.45, 7) is 1.47. The van der Waals surface area contributed by atoms with Crippen molar-refractivity contribution in [2.24, 2.45) is 10.4 Å². The molecular weight excluding hydrogens is 461 g/mol. The van der Waals surface area contributed by atoms with Gasteiger partial charge in [0.05, 0.1) is 24.6 Å². The lowest BCUT2D eigenvalue weighted by Gasteiger charge is -2.26. The number of aromatic nitrogens is 1. The Hall–Kier alpha value is -3.14. The van der Waals surface area contributed by atoms with Crippen molar-refractivity contribution < 1.29 is 27.5 Å². The van der Waals surface area contributed by atoms with Crippen molar-refractivity contribution in [2.75, 3.05) is 7.11 Å². The number of methoxy groups -OCH3 is 1. The van der Waals surface area contributed by atoms with Crippen LogP contribution in [-0.4, -0.2) is 35.9 Å². The summed E-state index contributed by atoms with van der Waals surface area (Å²) in [5.41, 5.74) is -0.954. The van der Waals surface area contributed by atoms with Crippen LogP contribution in [0.25, 0.3) is 0 Å². The Morgan fingerprint density at radius 3 is 2.61 bits per heavy atom. The number of aliphatic imine (C=N–C) groups is 1. The lowest BCUT2D eigenvalue weighted by atomic mass is 9.91. The van der Waals surface area contributed by atoms with Crippen LogP contribution in [0.2, 0.25) is 5.02 Å². The van der Waals surface area contributed by atoms with E-state index in [1.54, 1.807) is 30.5 Å². The van der Waals surface area contributed by atoms with Crippen LogP contribution in [0.5, 0.6) is 5.88 Å². The Bertz CT molecular complexity index is 1090. The minimum Gasteiger partial charge on any atom is -0.481 e. The van der Waals surface area contributed by atoms with Gasteiger partial charge >= 0.3 is 6.18 Å². The van der Waals surface area contributed by atoms with Gasteiger partial charge in [-0.15, -0.1) is 0 Å². The average Bonchev–Trinajstić information content (AvgIpc) is 2.77. The summed E-state index contributed by atoms with van der Waals surface area (Å²) in [4.78, 5) is 33.1. The highest BCUT2D eigenvalue weighted by Crippen LogP contribution is 2.37. The van der Waals surface area contributed by atoms with Crippen molar-refractivity contribution in [3.8, 4) is 5.88 Å². The van der Waals surface area contributed by atoms with Crippen LogP contribution in [0.4, 0.5) is 13.2 Å². The molecular formula is C22H22ClF3N4O3. The second-order valence-corrected chi connectivity index (χ2v) is 8.41. The molecule has 0 aliphatic carbocycles. The topological polar surface area (TPSA) is 92.7 Å². The van der Waals surface area contributed by atoms with Crippen LogP contribution in [0.1, 0.15) is 43.0 Å². The number of hydrogen-bond acceptors (Lipinski definition) is 5. The molecule has 0 saturated carbocycles. The monoisotopic (exact) mass is 482 g/mol. The number of amides is 2. The van der Waals surface area contributed by atoms with E-state index in [1.165, 1.54) is 13.2 Å². The van der Waals surface area contributed by atoms with Gasteiger partial charge in [-0.1, -0.05) is 17.7 Å². The Morgan fingerprint density at radius 2 is 2.00 bits per heavy atom. The van der Waals surface area contributed by atoms with Gasteiger partial charge in [-0.3, -0.25) is 14.6 Å². The van der Waals surface area contributed by atoms with Crippen molar-refractivity contribution in [1.29, 1.82) is 0 Å². The van der Waals surface area contributed by atoms with Gasteiger partial charge in [-0.25, -0.2) is 4.98 Å². The molecule has 33 heavy (non-hydrogen) atoms. The number of halogens is 4. The standard InChI is InChI=1S/C22H22ClF3N4O3/c1-21(2,22(24,25)26)20(32)28-10-12-4-6-15(23)14(8-12)19-29-16(9-17(31)30-19)13-5-7-18(33-3)27-11-13/h4-8,11,16H,9-10H2,1-3H3,(H,28,32)(H,29,30,31). The zero-order valence-corrected chi connectivity index (χ0v) is 18.8. The summed E-state index contributed by atoms with van der Waals surface area (Å²) < 4.78 is 44.3. The molecule has 7 nitrogen and oxygen atoms in total. The van der Waals surface area contributed by atoms with Gasteiger partial charge in [0.2, 0.25) is 17.7 Å². The predicted molar refractivity (Wildman–Crippen MR) is 116 cm³/mol. The SMILES string of the molecule is COc1ccc(C2CC(=O)NC(c3cc(CNC(=O)C(C)(C)C(F)(F)F)ccc3Cl)=N2)cn1. The summed E-state index contributed by atoms with van der Waals surface area (Å²) in [6, 6.07) is 7.58. The summed E-state index contributed by atoms with van der Waals surface area (Å²) in [5, 5.41) is 5.26. The quantitative estimate of drug-likeness (QED) is 0.652. The third-order valence-electron chi connectivity index (χ3n) is 5.29. The first-order valence-electron chi connectivity index (χ1n) is 9.94. The Morgan fingerprint density at radius 1 is 1.27 bits per heavy atom. The molecule has 2 aromatic rings. The molecule has 0 saturated heterocycles. The van der Waals surface area contributed by atoms with E-state index in [-0.39, 0.29) is 29.7 Å². The van der Waals surface area contributed by atoms with Gasteiger partial charge < -0.3 is 15.4 Å². The number of benzene rings is 1. The maximum absolute atomic E-state index is 13.1. The molecule has 1 aromatic heterocycles. The van der Waals surface area contributed by atoms with Crippen LogP contribution in [0, 0.1) is 5.41 Å². The molecule has 2 heterocycles. The minimum atomic E-state index is -4.69. The molecule has 176 valence electrons. The van der Waals surface area contributed by atoms with Crippen molar-refractivity contribution >= 4 is 29.3 Å². The molecule has 1 aromatic carbocycles. The van der Waals surface area contributed by atoms with E-state index in [2.05, 4.69) is 20.6 Å². The molecule has 0 fully saturated rings. The molecule has 1 atom stereocenters. The van der Waals surface area contributed by atoms with E-state index >= 15 is 0 Å². The van der Waals surface area contributed by atoms with Gasteiger partial charge in [0.25, 0.3) is 0 Å². The molecule has 1 aliphatic heterocycles. The number of carbonyl (C=O) groups excluding carboxylic acids is 2. The summed E-state index contributed by atoms with van der Waals surface area (Å²) in [6.07, 6.45) is -3.01. The second kappa shape index (κ2) is 9.38. The smallest absolute Gasteiger partial charge is 0.402 e. The highest BCUT2D eigenvalue weighted by Gasteiger charge is 2.52. The number of nitrogens with zero attached hydrogens (tertiary/aromatic N) is 2.